The molecule has 0 aliphatic heterocycles. The fourth-order valence-electron chi connectivity index (χ4n) is 1.57. The SMILES string of the molecule is CC(O)(CNc1nccc(OCc2ccccc2)n1)C(=O)O. The molecule has 0 aliphatic rings. The van der Waals surface area contributed by atoms with Gasteiger partial charge in [-0.15, -0.1) is 0 Å². The van der Waals surface area contributed by atoms with Crippen LogP contribution in [0.1, 0.15) is 12.5 Å². The Morgan fingerprint density at radius 2 is 2.05 bits per heavy atom. The van der Waals surface area contributed by atoms with Crippen molar-refractivity contribution in [3.8, 4) is 5.88 Å². The van der Waals surface area contributed by atoms with Crippen LogP contribution in [0.15, 0.2) is 42.6 Å². The average Bonchev–Trinajstić information content (AvgIpc) is 2.52. The Hall–Kier alpha value is -2.67. The van der Waals surface area contributed by atoms with Crippen LogP contribution in [-0.4, -0.2) is 38.3 Å². The molecule has 0 radical (unpaired) electrons. The second kappa shape index (κ2) is 6.86. The minimum Gasteiger partial charge on any atom is -0.479 e. The number of nitrogens with zero attached hydrogens (tertiary/aromatic N) is 2. The van der Waals surface area contributed by atoms with Crippen molar-refractivity contribution >= 4 is 11.9 Å². The molecule has 1 atom stereocenters. The van der Waals surface area contributed by atoms with Gasteiger partial charge in [0.1, 0.15) is 6.61 Å². The minimum absolute atomic E-state index is 0.187. The zero-order valence-electron chi connectivity index (χ0n) is 12.1. The Bertz CT molecular complexity index is 632. The van der Waals surface area contributed by atoms with E-state index in [1.807, 2.05) is 30.3 Å². The minimum atomic E-state index is -1.90. The fourth-order valence-corrected chi connectivity index (χ4v) is 1.57. The first-order valence-electron chi connectivity index (χ1n) is 6.67. The van der Waals surface area contributed by atoms with E-state index in [9.17, 15) is 9.90 Å². The van der Waals surface area contributed by atoms with E-state index in [2.05, 4.69) is 15.3 Å². The molecular formula is C15H17N3O4. The number of carbonyl (C=O) groups is 1. The highest BCUT2D eigenvalue weighted by Gasteiger charge is 2.29. The summed E-state index contributed by atoms with van der Waals surface area (Å²) in [5.74, 6) is -0.778. The molecule has 7 nitrogen and oxygen atoms in total. The number of aliphatic carboxylic acids is 1. The average molecular weight is 303 g/mol. The van der Waals surface area contributed by atoms with E-state index in [0.29, 0.717) is 12.5 Å². The van der Waals surface area contributed by atoms with Crippen LogP contribution in [0.2, 0.25) is 0 Å². The lowest BCUT2D eigenvalue weighted by Crippen LogP contribution is -2.42. The number of benzene rings is 1. The first-order valence-corrected chi connectivity index (χ1v) is 6.67. The molecular weight excluding hydrogens is 286 g/mol. The molecule has 0 bridgehead atoms. The summed E-state index contributed by atoms with van der Waals surface area (Å²) in [7, 11) is 0. The van der Waals surface area contributed by atoms with Crippen molar-refractivity contribution in [2.45, 2.75) is 19.1 Å². The zero-order chi connectivity index (χ0) is 16.0. The molecule has 0 amide bonds. The Kier molecular flexibility index (Phi) is 4.90. The Morgan fingerprint density at radius 3 is 2.73 bits per heavy atom. The van der Waals surface area contributed by atoms with Gasteiger partial charge in [0.25, 0.3) is 0 Å². The van der Waals surface area contributed by atoms with Gasteiger partial charge < -0.3 is 20.3 Å². The number of rotatable bonds is 7. The van der Waals surface area contributed by atoms with Crippen LogP contribution < -0.4 is 10.1 Å². The smallest absolute Gasteiger partial charge is 0.337 e. The predicted molar refractivity (Wildman–Crippen MR) is 79.6 cm³/mol. The Labute approximate surface area is 127 Å². The van der Waals surface area contributed by atoms with Crippen molar-refractivity contribution < 1.29 is 19.7 Å². The van der Waals surface area contributed by atoms with E-state index in [1.165, 1.54) is 13.1 Å². The molecule has 0 fully saturated rings. The molecule has 116 valence electrons. The topological polar surface area (TPSA) is 105 Å². The lowest BCUT2D eigenvalue weighted by atomic mass is 10.1. The van der Waals surface area contributed by atoms with E-state index < -0.39 is 11.6 Å². The Morgan fingerprint density at radius 1 is 1.32 bits per heavy atom. The first kappa shape index (κ1) is 15.7. The molecule has 2 aromatic rings. The van der Waals surface area contributed by atoms with Gasteiger partial charge in [-0.25, -0.2) is 9.78 Å². The summed E-state index contributed by atoms with van der Waals surface area (Å²) in [5, 5.41) is 21.1. The summed E-state index contributed by atoms with van der Waals surface area (Å²) >= 11 is 0. The van der Waals surface area contributed by atoms with Crippen molar-refractivity contribution in [1.82, 2.24) is 9.97 Å². The van der Waals surface area contributed by atoms with E-state index in [-0.39, 0.29) is 12.5 Å². The van der Waals surface area contributed by atoms with Crippen LogP contribution in [0.3, 0.4) is 0 Å². The van der Waals surface area contributed by atoms with Gasteiger partial charge in [0.2, 0.25) is 11.8 Å². The number of hydrogen-bond donors (Lipinski definition) is 3. The summed E-state index contributed by atoms with van der Waals surface area (Å²) in [6.45, 7) is 1.34. The van der Waals surface area contributed by atoms with Crippen LogP contribution in [0.5, 0.6) is 5.88 Å². The van der Waals surface area contributed by atoms with Crippen LogP contribution in [0.25, 0.3) is 0 Å². The van der Waals surface area contributed by atoms with Crippen molar-refractivity contribution in [3.05, 3.63) is 48.2 Å². The number of carboxylic acids is 1. The molecule has 22 heavy (non-hydrogen) atoms. The van der Waals surface area contributed by atoms with Gasteiger partial charge in [0.15, 0.2) is 5.60 Å². The lowest BCUT2D eigenvalue weighted by molar-refractivity contribution is -0.155. The zero-order valence-corrected chi connectivity index (χ0v) is 12.1. The fraction of sp³-hybridized carbons (Fsp3) is 0.267. The quantitative estimate of drug-likeness (QED) is 0.708. The molecule has 1 unspecified atom stereocenters. The van der Waals surface area contributed by atoms with Crippen LogP contribution in [0.4, 0.5) is 5.95 Å². The third-order valence-electron chi connectivity index (χ3n) is 2.91. The van der Waals surface area contributed by atoms with Gasteiger partial charge in [-0.05, 0) is 12.5 Å². The van der Waals surface area contributed by atoms with Crippen molar-refractivity contribution in [2.24, 2.45) is 0 Å². The molecule has 1 heterocycles. The molecule has 0 saturated heterocycles. The van der Waals surface area contributed by atoms with E-state index in [0.717, 1.165) is 5.56 Å². The van der Waals surface area contributed by atoms with Crippen LogP contribution in [-0.2, 0) is 11.4 Å². The molecule has 1 aromatic heterocycles. The van der Waals surface area contributed by atoms with Crippen molar-refractivity contribution in [3.63, 3.8) is 0 Å². The highest BCUT2D eigenvalue weighted by atomic mass is 16.5. The summed E-state index contributed by atoms with van der Waals surface area (Å²) < 4.78 is 5.54. The number of nitrogens with one attached hydrogen (secondary N) is 1. The molecule has 0 saturated carbocycles. The Balaban J connectivity index is 1.94. The molecule has 3 N–H and O–H groups in total. The standard InChI is InChI=1S/C15H17N3O4/c1-15(21,13(19)20)10-17-14-16-8-7-12(18-14)22-9-11-5-3-2-4-6-11/h2-8,21H,9-10H2,1H3,(H,19,20)(H,16,17,18). The number of carboxylic acid groups (broad SMARTS) is 1. The van der Waals surface area contributed by atoms with Crippen molar-refractivity contribution in [2.75, 3.05) is 11.9 Å². The van der Waals surface area contributed by atoms with Gasteiger partial charge in [0, 0.05) is 12.3 Å². The van der Waals surface area contributed by atoms with Crippen molar-refractivity contribution in [1.29, 1.82) is 0 Å². The predicted octanol–water partition coefficient (Wildman–Crippen LogP) is 1.30. The normalized spacial score (nSPS) is 13.2. The van der Waals surface area contributed by atoms with Crippen LogP contribution in [0, 0.1) is 0 Å². The highest BCUT2D eigenvalue weighted by Crippen LogP contribution is 2.12. The van der Waals surface area contributed by atoms with Gasteiger partial charge in [-0.3, -0.25) is 0 Å². The molecule has 0 aliphatic carbocycles. The molecule has 1 aromatic carbocycles. The molecule has 7 heteroatoms. The molecule has 2 rings (SSSR count). The number of aromatic nitrogens is 2. The first-order chi connectivity index (χ1) is 10.5. The number of aliphatic hydroxyl groups is 1. The number of hydrogen-bond acceptors (Lipinski definition) is 6. The summed E-state index contributed by atoms with van der Waals surface area (Å²) in [6.07, 6.45) is 1.49. The summed E-state index contributed by atoms with van der Waals surface area (Å²) in [4.78, 5) is 18.9. The van der Waals surface area contributed by atoms with Gasteiger partial charge >= 0.3 is 5.97 Å². The third-order valence-corrected chi connectivity index (χ3v) is 2.91. The van der Waals surface area contributed by atoms with Gasteiger partial charge in [-0.1, -0.05) is 30.3 Å². The maximum Gasteiger partial charge on any atom is 0.337 e. The highest BCUT2D eigenvalue weighted by molar-refractivity contribution is 5.77. The van der Waals surface area contributed by atoms with Gasteiger partial charge in [-0.2, -0.15) is 4.98 Å². The largest absolute Gasteiger partial charge is 0.479 e. The number of ether oxygens (including phenoxy) is 1. The summed E-state index contributed by atoms with van der Waals surface area (Å²) in [6, 6.07) is 11.2. The second-order valence-electron chi connectivity index (χ2n) is 4.93. The number of anilines is 1. The summed E-state index contributed by atoms with van der Waals surface area (Å²) in [5.41, 5.74) is -0.894. The van der Waals surface area contributed by atoms with E-state index in [1.54, 1.807) is 6.07 Å². The van der Waals surface area contributed by atoms with E-state index in [4.69, 9.17) is 9.84 Å². The third kappa shape index (κ3) is 4.42. The maximum absolute atomic E-state index is 10.8. The lowest BCUT2D eigenvalue weighted by Gasteiger charge is -2.18. The second-order valence-corrected chi connectivity index (χ2v) is 4.93. The van der Waals surface area contributed by atoms with Crippen LogP contribution >= 0.6 is 0 Å². The monoisotopic (exact) mass is 303 g/mol. The maximum atomic E-state index is 10.8. The van der Waals surface area contributed by atoms with Gasteiger partial charge in [0.05, 0.1) is 6.54 Å². The molecule has 0 spiro atoms. The van der Waals surface area contributed by atoms with E-state index >= 15 is 0 Å².